The van der Waals surface area contributed by atoms with Gasteiger partial charge in [-0.1, -0.05) is 6.07 Å². The van der Waals surface area contributed by atoms with E-state index in [9.17, 15) is 0 Å². The minimum absolute atomic E-state index is 0.498. The first-order valence-electron chi connectivity index (χ1n) is 9.75. The summed E-state index contributed by atoms with van der Waals surface area (Å²) in [5.41, 5.74) is 0. The van der Waals surface area contributed by atoms with Gasteiger partial charge < -0.3 is 20.9 Å². The Morgan fingerprint density at radius 2 is 2.04 bits per heavy atom. The van der Waals surface area contributed by atoms with E-state index in [2.05, 4.69) is 48.3 Å². The maximum Gasteiger partial charge on any atom is 0.191 e. The number of thiophene rings is 1. The van der Waals surface area contributed by atoms with Gasteiger partial charge in [0.1, 0.15) is 5.82 Å². The molecule has 2 aromatic heterocycles. The summed E-state index contributed by atoms with van der Waals surface area (Å²) in [7, 11) is 1.85. The number of aromatic nitrogens is 1. The van der Waals surface area contributed by atoms with E-state index in [-0.39, 0.29) is 0 Å². The molecule has 0 atom stereocenters. The predicted molar refractivity (Wildman–Crippen MR) is 116 cm³/mol. The minimum Gasteiger partial charge on any atom is -0.370 e. The van der Waals surface area contributed by atoms with Gasteiger partial charge in [0.25, 0.3) is 0 Å². The van der Waals surface area contributed by atoms with Gasteiger partial charge >= 0.3 is 0 Å². The number of piperidine rings is 1. The lowest BCUT2D eigenvalue weighted by Gasteiger charge is -2.33. The largest absolute Gasteiger partial charge is 0.370 e. The van der Waals surface area contributed by atoms with Gasteiger partial charge in [0, 0.05) is 45.5 Å². The summed E-state index contributed by atoms with van der Waals surface area (Å²) in [5.74, 6) is 1.86. The summed E-state index contributed by atoms with van der Waals surface area (Å²) in [6.07, 6.45) is 6.29. The highest BCUT2D eigenvalue weighted by Gasteiger charge is 2.20. The molecule has 0 bridgehead atoms. The van der Waals surface area contributed by atoms with Gasteiger partial charge in [-0.05, 0) is 55.3 Å². The molecule has 146 valence electrons. The summed E-state index contributed by atoms with van der Waals surface area (Å²) >= 11 is 1.83. The Bertz CT molecular complexity index is 665. The van der Waals surface area contributed by atoms with Crippen molar-refractivity contribution in [2.24, 2.45) is 4.99 Å². The Labute approximate surface area is 166 Å². The number of nitrogens with one attached hydrogen (secondary N) is 3. The number of rotatable bonds is 8. The molecule has 1 fully saturated rings. The Morgan fingerprint density at radius 1 is 1.19 bits per heavy atom. The van der Waals surface area contributed by atoms with Crippen LogP contribution in [0.3, 0.4) is 0 Å². The van der Waals surface area contributed by atoms with Crippen LogP contribution in [0.1, 0.15) is 25.7 Å². The van der Waals surface area contributed by atoms with Crippen molar-refractivity contribution in [2.45, 2.75) is 31.7 Å². The SMILES string of the molecule is CN=C(NCCCCNc1ccccn1)NC1CCN(c2cccs2)CC1. The second-order valence-electron chi connectivity index (χ2n) is 6.70. The molecule has 3 rings (SSSR count). The lowest BCUT2D eigenvalue weighted by molar-refractivity contribution is 0.462. The lowest BCUT2D eigenvalue weighted by atomic mass is 10.1. The van der Waals surface area contributed by atoms with Crippen molar-refractivity contribution in [3.63, 3.8) is 0 Å². The summed E-state index contributed by atoms with van der Waals surface area (Å²) < 4.78 is 0. The number of nitrogens with zero attached hydrogens (tertiary/aromatic N) is 3. The molecule has 7 heteroatoms. The average molecular weight is 387 g/mol. The normalized spacial score (nSPS) is 15.6. The third kappa shape index (κ3) is 6.43. The molecule has 0 saturated carbocycles. The van der Waals surface area contributed by atoms with E-state index in [4.69, 9.17) is 0 Å². The minimum atomic E-state index is 0.498. The number of hydrogen-bond donors (Lipinski definition) is 3. The topological polar surface area (TPSA) is 64.6 Å². The van der Waals surface area contributed by atoms with Crippen LogP contribution in [0.15, 0.2) is 46.9 Å². The third-order valence-corrected chi connectivity index (χ3v) is 5.67. The second kappa shape index (κ2) is 10.8. The van der Waals surface area contributed by atoms with Gasteiger partial charge in [-0.3, -0.25) is 4.99 Å². The molecule has 3 heterocycles. The molecule has 1 aliphatic heterocycles. The fraction of sp³-hybridized carbons (Fsp3) is 0.500. The van der Waals surface area contributed by atoms with E-state index in [1.54, 1.807) is 0 Å². The van der Waals surface area contributed by atoms with Crippen molar-refractivity contribution in [1.82, 2.24) is 15.6 Å². The van der Waals surface area contributed by atoms with Gasteiger partial charge in [-0.2, -0.15) is 0 Å². The molecule has 0 amide bonds. The number of unbranched alkanes of at least 4 members (excludes halogenated alkanes) is 1. The number of anilines is 2. The van der Waals surface area contributed by atoms with Gasteiger partial charge in [-0.25, -0.2) is 4.98 Å². The van der Waals surface area contributed by atoms with Crippen molar-refractivity contribution in [2.75, 3.05) is 43.4 Å². The fourth-order valence-electron chi connectivity index (χ4n) is 3.22. The summed E-state index contributed by atoms with van der Waals surface area (Å²) in [6.45, 7) is 4.08. The van der Waals surface area contributed by atoms with E-state index in [0.717, 1.165) is 63.6 Å². The molecule has 1 aliphatic rings. The van der Waals surface area contributed by atoms with Crippen LogP contribution in [0.4, 0.5) is 10.8 Å². The molecule has 6 nitrogen and oxygen atoms in total. The standard InChI is InChI=1S/C20H30N6S/c1-21-20(24-13-5-4-12-23-18-7-2-3-11-22-18)25-17-9-14-26(15-10-17)19-8-6-16-27-19/h2-3,6-8,11,16-17H,4-5,9-10,12-15H2,1H3,(H,22,23)(H2,21,24,25). The molecule has 0 spiro atoms. The van der Waals surface area contributed by atoms with Crippen molar-refractivity contribution < 1.29 is 0 Å². The van der Waals surface area contributed by atoms with Crippen molar-refractivity contribution in [3.8, 4) is 0 Å². The van der Waals surface area contributed by atoms with E-state index in [0.29, 0.717) is 6.04 Å². The van der Waals surface area contributed by atoms with E-state index >= 15 is 0 Å². The maximum atomic E-state index is 4.37. The summed E-state index contributed by atoms with van der Waals surface area (Å²) in [5, 5.41) is 13.9. The first-order valence-corrected chi connectivity index (χ1v) is 10.6. The Kier molecular flexibility index (Phi) is 7.77. The van der Waals surface area contributed by atoms with Crippen LogP contribution in [-0.2, 0) is 0 Å². The zero-order chi connectivity index (χ0) is 18.7. The van der Waals surface area contributed by atoms with E-state index < -0.39 is 0 Å². The second-order valence-corrected chi connectivity index (χ2v) is 7.63. The van der Waals surface area contributed by atoms with Crippen LogP contribution in [0.5, 0.6) is 0 Å². The molecule has 2 aromatic rings. The monoisotopic (exact) mass is 386 g/mol. The molecule has 0 aromatic carbocycles. The van der Waals surface area contributed by atoms with Crippen LogP contribution in [-0.4, -0.2) is 50.2 Å². The van der Waals surface area contributed by atoms with Gasteiger partial charge in [0.15, 0.2) is 5.96 Å². The lowest BCUT2D eigenvalue weighted by Crippen LogP contribution is -2.48. The molecule has 0 aliphatic carbocycles. The number of pyridine rings is 1. The molecule has 1 saturated heterocycles. The van der Waals surface area contributed by atoms with Gasteiger partial charge in [0.05, 0.1) is 5.00 Å². The zero-order valence-electron chi connectivity index (χ0n) is 16.0. The highest BCUT2D eigenvalue weighted by molar-refractivity contribution is 7.14. The summed E-state index contributed by atoms with van der Waals surface area (Å²) in [6, 6.07) is 10.8. The Hall–Kier alpha value is -2.28. The first kappa shape index (κ1) is 19.5. The third-order valence-electron chi connectivity index (χ3n) is 4.74. The smallest absolute Gasteiger partial charge is 0.191 e. The number of hydrogen-bond acceptors (Lipinski definition) is 5. The van der Waals surface area contributed by atoms with Gasteiger partial charge in [-0.15, -0.1) is 11.3 Å². The quantitative estimate of drug-likeness (QED) is 0.369. The van der Waals surface area contributed by atoms with Gasteiger partial charge in [0.2, 0.25) is 0 Å². The molecule has 0 unspecified atom stereocenters. The van der Waals surface area contributed by atoms with Crippen LogP contribution in [0.25, 0.3) is 0 Å². The van der Waals surface area contributed by atoms with Crippen molar-refractivity contribution >= 4 is 28.1 Å². The fourth-order valence-corrected chi connectivity index (χ4v) is 4.01. The van der Waals surface area contributed by atoms with Crippen molar-refractivity contribution in [3.05, 3.63) is 41.9 Å². The van der Waals surface area contributed by atoms with Crippen LogP contribution < -0.4 is 20.9 Å². The van der Waals surface area contributed by atoms with Crippen LogP contribution in [0, 0.1) is 0 Å². The van der Waals surface area contributed by atoms with E-state index in [1.165, 1.54) is 5.00 Å². The zero-order valence-corrected chi connectivity index (χ0v) is 16.8. The molecule has 3 N–H and O–H groups in total. The number of aliphatic imine (C=N–C) groups is 1. The molecule has 0 radical (unpaired) electrons. The number of guanidine groups is 1. The van der Waals surface area contributed by atoms with E-state index in [1.807, 2.05) is 42.8 Å². The Balaban J connectivity index is 1.27. The Morgan fingerprint density at radius 3 is 2.74 bits per heavy atom. The summed E-state index contributed by atoms with van der Waals surface area (Å²) in [4.78, 5) is 11.1. The molecular weight excluding hydrogens is 356 g/mol. The molecule has 27 heavy (non-hydrogen) atoms. The first-order chi connectivity index (χ1) is 13.3. The molecular formula is C20H30N6S. The van der Waals surface area contributed by atoms with Crippen LogP contribution >= 0.6 is 11.3 Å². The van der Waals surface area contributed by atoms with Crippen molar-refractivity contribution in [1.29, 1.82) is 0 Å². The highest BCUT2D eigenvalue weighted by Crippen LogP contribution is 2.24. The maximum absolute atomic E-state index is 4.37. The average Bonchev–Trinajstić information content (AvgIpc) is 3.26. The predicted octanol–water partition coefficient (Wildman–Crippen LogP) is 3.17. The highest BCUT2D eigenvalue weighted by atomic mass is 32.1. The van der Waals surface area contributed by atoms with Crippen LogP contribution in [0.2, 0.25) is 0 Å².